The van der Waals surface area contributed by atoms with Crippen LogP contribution in [0.25, 0.3) is 0 Å². The second-order valence-electron chi connectivity index (χ2n) is 4.01. The van der Waals surface area contributed by atoms with Crippen LogP contribution in [0.1, 0.15) is 27.7 Å². The number of nitrogens with two attached hydrogens (primary N) is 1. The fourth-order valence-corrected chi connectivity index (χ4v) is 1.35. The van der Waals surface area contributed by atoms with Crippen molar-refractivity contribution in [2.45, 2.75) is 39.3 Å². The summed E-state index contributed by atoms with van der Waals surface area (Å²) in [5.41, 5.74) is -0.441. The zero-order chi connectivity index (χ0) is 10.6. The van der Waals surface area contributed by atoms with E-state index in [9.17, 15) is 4.79 Å². The number of carboxylic acid groups (broad SMARTS) is 1. The Balaban J connectivity index is 4.52. The maximum Gasteiger partial charge on any atom is 0.408 e. The van der Waals surface area contributed by atoms with Crippen molar-refractivity contribution in [3.8, 4) is 0 Å². The molecule has 0 aliphatic heterocycles. The molecule has 0 aromatic rings. The molecule has 0 unspecified atom stereocenters. The van der Waals surface area contributed by atoms with Crippen molar-refractivity contribution in [2.75, 3.05) is 6.61 Å². The molecule has 0 aromatic carbocycles. The molecule has 0 saturated carbocycles. The van der Waals surface area contributed by atoms with Crippen LogP contribution in [0.4, 0.5) is 4.79 Å². The molecule has 78 valence electrons. The highest BCUT2D eigenvalue weighted by atomic mass is 16.6. The maximum absolute atomic E-state index is 10.9. The van der Waals surface area contributed by atoms with Gasteiger partial charge >= 0.3 is 6.09 Å². The van der Waals surface area contributed by atoms with Gasteiger partial charge in [-0.15, -0.1) is 0 Å². The van der Waals surface area contributed by atoms with Gasteiger partial charge in [0.25, 0.3) is 0 Å². The van der Waals surface area contributed by atoms with Crippen LogP contribution in [0.3, 0.4) is 0 Å². The molecule has 5 heteroatoms. The van der Waals surface area contributed by atoms with Gasteiger partial charge in [0.15, 0.2) is 0 Å². The smallest absolute Gasteiger partial charge is 0.408 e. The van der Waals surface area contributed by atoms with E-state index in [2.05, 4.69) is 4.84 Å². The number of hydrogen-bond donors (Lipinski definition) is 2. The van der Waals surface area contributed by atoms with Crippen LogP contribution in [-0.2, 0) is 4.84 Å². The number of nitrogens with zero attached hydrogens (tertiary/aromatic N) is 1. The third-order valence-corrected chi connectivity index (χ3v) is 1.71. The molecule has 0 rings (SSSR count). The Bertz CT molecular complexity index is 177. The lowest BCUT2D eigenvalue weighted by Gasteiger charge is -2.37. The van der Waals surface area contributed by atoms with Crippen LogP contribution < -0.4 is 5.90 Å². The molecule has 5 nitrogen and oxygen atoms in total. The summed E-state index contributed by atoms with van der Waals surface area (Å²) in [7, 11) is 0. The Hall–Kier alpha value is -0.810. The summed E-state index contributed by atoms with van der Waals surface area (Å²) in [5, 5.41) is 8.94. The Morgan fingerprint density at radius 1 is 1.62 bits per heavy atom. The maximum atomic E-state index is 10.9. The van der Waals surface area contributed by atoms with Gasteiger partial charge in [0.2, 0.25) is 0 Å². The topological polar surface area (TPSA) is 75.8 Å². The standard InChI is InChI=1S/C8H18N2O3/c1-6(5-13-9)10(7(11)12)8(2,3)4/h6H,5,9H2,1-4H3,(H,11,12)/t6-/m0/s1. The van der Waals surface area contributed by atoms with Gasteiger partial charge in [0.1, 0.15) is 0 Å². The molecule has 3 N–H and O–H groups in total. The van der Waals surface area contributed by atoms with Gasteiger partial charge in [0.05, 0.1) is 12.6 Å². The van der Waals surface area contributed by atoms with Crippen molar-refractivity contribution in [1.82, 2.24) is 4.90 Å². The number of carbonyl (C=O) groups is 1. The fourth-order valence-electron chi connectivity index (χ4n) is 1.35. The van der Waals surface area contributed by atoms with Crippen LogP contribution in [0.5, 0.6) is 0 Å². The first-order chi connectivity index (χ1) is 5.80. The van der Waals surface area contributed by atoms with E-state index in [0.717, 1.165) is 0 Å². The van der Waals surface area contributed by atoms with Gasteiger partial charge in [0, 0.05) is 5.54 Å². The van der Waals surface area contributed by atoms with Gasteiger partial charge in [-0.2, -0.15) is 0 Å². The molecule has 0 bridgehead atoms. The SMILES string of the molecule is C[C@@H](CON)N(C(=O)O)C(C)(C)C. The van der Waals surface area contributed by atoms with E-state index in [4.69, 9.17) is 11.0 Å². The first-order valence-corrected chi connectivity index (χ1v) is 4.14. The van der Waals surface area contributed by atoms with Crippen LogP contribution >= 0.6 is 0 Å². The summed E-state index contributed by atoms with van der Waals surface area (Å²) >= 11 is 0. The zero-order valence-electron chi connectivity index (χ0n) is 8.57. The highest BCUT2D eigenvalue weighted by Gasteiger charge is 2.30. The quantitative estimate of drug-likeness (QED) is 0.652. The van der Waals surface area contributed by atoms with Crippen LogP contribution in [-0.4, -0.2) is 34.3 Å². The molecule has 0 spiro atoms. The zero-order valence-corrected chi connectivity index (χ0v) is 8.57. The first kappa shape index (κ1) is 12.2. The predicted molar refractivity (Wildman–Crippen MR) is 49.2 cm³/mol. The molecule has 0 aliphatic rings. The van der Waals surface area contributed by atoms with Crippen molar-refractivity contribution >= 4 is 6.09 Å². The molecule has 0 saturated heterocycles. The highest BCUT2D eigenvalue weighted by molar-refractivity contribution is 5.66. The molecule has 0 radical (unpaired) electrons. The minimum absolute atomic E-state index is 0.198. The van der Waals surface area contributed by atoms with Gasteiger partial charge in [-0.05, 0) is 27.7 Å². The van der Waals surface area contributed by atoms with E-state index in [1.807, 2.05) is 20.8 Å². The Kier molecular flexibility index (Phi) is 4.16. The molecular formula is C8H18N2O3. The van der Waals surface area contributed by atoms with Crippen molar-refractivity contribution < 1.29 is 14.7 Å². The van der Waals surface area contributed by atoms with Crippen molar-refractivity contribution in [2.24, 2.45) is 5.90 Å². The molecule has 0 heterocycles. The molecule has 0 aromatic heterocycles. The average Bonchev–Trinajstić information content (AvgIpc) is 1.82. The largest absolute Gasteiger partial charge is 0.465 e. The molecule has 1 amide bonds. The summed E-state index contributed by atoms with van der Waals surface area (Å²) in [4.78, 5) is 16.6. The lowest BCUT2D eigenvalue weighted by Crippen LogP contribution is -2.51. The van der Waals surface area contributed by atoms with Crippen LogP contribution in [0, 0.1) is 0 Å². The number of hydrogen-bond acceptors (Lipinski definition) is 3. The molecule has 0 fully saturated rings. The second-order valence-corrected chi connectivity index (χ2v) is 4.01. The lowest BCUT2D eigenvalue weighted by molar-refractivity contribution is 0.0267. The third kappa shape index (κ3) is 3.61. The lowest BCUT2D eigenvalue weighted by atomic mass is 10.0. The van der Waals surface area contributed by atoms with E-state index in [0.29, 0.717) is 0 Å². The van der Waals surface area contributed by atoms with Crippen molar-refractivity contribution in [1.29, 1.82) is 0 Å². The van der Waals surface area contributed by atoms with E-state index < -0.39 is 11.6 Å². The Morgan fingerprint density at radius 2 is 2.08 bits per heavy atom. The van der Waals surface area contributed by atoms with E-state index >= 15 is 0 Å². The fraction of sp³-hybridized carbons (Fsp3) is 0.875. The summed E-state index contributed by atoms with van der Waals surface area (Å²) < 4.78 is 0. The Labute approximate surface area is 78.4 Å². The summed E-state index contributed by atoms with van der Waals surface area (Å²) in [6.45, 7) is 7.44. The minimum Gasteiger partial charge on any atom is -0.465 e. The molecule has 13 heavy (non-hydrogen) atoms. The van der Waals surface area contributed by atoms with E-state index in [1.165, 1.54) is 4.90 Å². The van der Waals surface area contributed by atoms with Gasteiger partial charge in [-0.3, -0.25) is 4.90 Å². The Morgan fingerprint density at radius 3 is 2.31 bits per heavy atom. The highest BCUT2D eigenvalue weighted by Crippen LogP contribution is 2.16. The average molecular weight is 190 g/mol. The van der Waals surface area contributed by atoms with Crippen LogP contribution in [0.15, 0.2) is 0 Å². The van der Waals surface area contributed by atoms with Gasteiger partial charge in [-0.25, -0.2) is 10.7 Å². The van der Waals surface area contributed by atoms with Crippen LogP contribution in [0.2, 0.25) is 0 Å². The van der Waals surface area contributed by atoms with Gasteiger partial charge in [-0.1, -0.05) is 0 Å². The first-order valence-electron chi connectivity index (χ1n) is 4.14. The van der Waals surface area contributed by atoms with Crippen molar-refractivity contribution in [3.63, 3.8) is 0 Å². The number of rotatable bonds is 3. The van der Waals surface area contributed by atoms with E-state index in [1.54, 1.807) is 6.92 Å². The normalized spacial score (nSPS) is 13.9. The summed E-state index contributed by atoms with van der Waals surface area (Å²) in [6.07, 6.45) is -0.961. The minimum atomic E-state index is -0.961. The van der Waals surface area contributed by atoms with E-state index in [-0.39, 0.29) is 12.6 Å². The number of amides is 1. The summed E-state index contributed by atoms with van der Waals surface area (Å²) in [6, 6.07) is -0.248. The predicted octanol–water partition coefficient (Wildman–Crippen LogP) is 1.04. The second kappa shape index (κ2) is 4.43. The van der Waals surface area contributed by atoms with Crippen molar-refractivity contribution in [3.05, 3.63) is 0 Å². The van der Waals surface area contributed by atoms with Gasteiger partial charge < -0.3 is 9.94 Å². The third-order valence-electron chi connectivity index (χ3n) is 1.71. The molecular weight excluding hydrogens is 172 g/mol. The monoisotopic (exact) mass is 190 g/mol. The summed E-state index contributed by atoms with van der Waals surface area (Å²) in [5.74, 6) is 4.89. The molecule has 1 atom stereocenters. The molecule has 0 aliphatic carbocycles.